The zero-order chi connectivity index (χ0) is 17.3. The third-order valence-electron chi connectivity index (χ3n) is 4.06. The Hall–Kier alpha value is -2.64. The summed E-state index contributed by atoms with van der Waals surface area (Å²) >= 11 is 0. The Morgan fingerprint density at radius 2 is 2.17 bits per heavy atom. The highest BCUT2D eigenvalue weighted by Crippen LogP contribution is 2.25. The molecule has 0 radical (unpaired) electrons. The highest BCUT2D eigenvalue weighted by atomic mass is 16.5. The highest BCUT2D eigenvalue weighted by molar-refractivity contribution is 5.94. The topological polar surface area (TPSA) is 102 Å². The fourth-order valence-corrected chi connectivity index (χ4v) is 2.89. The molecule has 2 heterocycles. The van der Waals surface area contributed by atoms with Crippen LogP contribution in [0.1, 0.15) is 52.6 Å². The van der Waals surface area contributed by atoms with Gasteiger partial charge in [-0.1, -0.05) is 5.16 Å². The second-order valence-electron chi connectivity index (χ2n) is 6.31. The van der Waals surface area contributed by atoms with Gasteiger partial charge in [-0.15, -0.1) is 0 Å². The number of rotatable bonds is 4. The van der Waals surface area contributed by atoms with Gasteiger partial charge in [0.05, 0.1) is 0 Å². The molecule has 1 aliphatic carbocycles. The maximum absolute atomic E-state index is 12.3. The van der Waals surface area contributed by atoms with Crippen LogP contribution in [0.15, 0.2) is 16.8 Å². The SMILES string of the molecule is CC(C)NC(=O)c1noc2c1CC(NC(=O)c1ccnn1C)CC2. The molecule has 2 aromatic rings. The van der Waals surface area contributed by atoms with E-state index in [1.807, 2.05) is 13.8 Å². The molecule has 2 N–H and O–H groups in total. The molecule has 1 atom stereocenters. The minimum Gasteiger partial charge on any atom is -0.360 e. The maximum Gasteiger partial charge on any atom is 0.273 e. The monoisotopic (exact) mass is 331 g/mol. The quantitative estimate of drug-likeness (QED) is 0.864. The molecule has 0 bridgehead atoms. The number of hydrogen-bond acceptors (Lipinski definition) is 5. The molecule has 8 nitrogen and oxygen atoms in total. The number of fused-ring (bicyclic) bond motifs is 1. The summed E-state index contributed by atoms with van der Waals surface area (Å²) < 4.78 is 6.83. The van der Waals surface area contributed by atoms with Gasteiger partial charge in [0, 0.05) is 37.3 Å². The average molecular weight is 331 g/mol. The van der Waals surface area contributed by atoms with Gasteiger partial charge in [0.25, 0.3) is 11.8 Å². The van der Waals surface area contributed by atoms with Crippen LogP contribution in [0, 0.1) is 0 Å². The number of aromatic nitrogens is 3. The molecule has 1 unspecified atom stereocenters. The smallest absolute Gasteiger partial charge is 0.273 e. The van der Waals surface area contributed by atoms with Crippen molar-refractivity contribution in [1.82, 2.24) is 25.6 Å². The first-order chi connectivity index (χ1) is 11.5. The highest BCUT2D eigenvalue weighted by Gasteiger charge is 2.30. The summed E-state index contributed by atoms with van der Waals surface area (Å²) in [5.41, 5.74) is 1.61. The van der Waals surface area contributed by atoms with Crippen LogP contribution in [0.3, 0.4) is 0 Å². The van der Waals surface area contributed by atoms with E-state index in [-0.39, 0.29) is 23.9 Å². The lowest BCUT2D eigenvalue weighted by atomic mass is 9.91. The van der Waals surface area contributed by atoms with Crippen LogP contribution in [0.25, 0.3) is 0 Å². The van der Waals surface area contributed by atoms with Crippen molar-refractivity contribution in [2.75, 3.05) is 0 Å². The van der Waals surface area contributed by atoms with Crippen LogP contribution in [-0.2, 0) is 19.9 Å². The Bertz CT molecular complexity index is 762. The van der Waals surface area contributed by atoms with E-state index in [1.54, 1.807) is 19.3 Å². The van der Waals surface area contributed by atoms with Crippen molar-refractivity contribution < 1.29 is 14.1 Å². The minimum absolute atomic E-state index is 0.0220. The first kappa shape index (κ1) is 16.2. The number of aryl methyl sites for hydroxylation is 2. The summed E-state index contributed by atoms with van der Waals surface area (Å²) in [5.74, 6) is 0.316. The van der Waals surface area contributed by atoms with Crippen molar-refractivity contribution in [2.45, 2.75) is 45.2 Å². The number of carbonyl (C=O) groups excluding carboxylic acids is 2. The maximum atomic E-state index is 12.3. The van der Waals surface area contributed by atoms with Crippen molar-refractivity contribution >= 4 is 11.8 Å². The molecule has 0 aromatic carbocycles. The molecule has 2 aromatic heterocycles. The van der Waals surface area contributed by atoms with Gasteiger partial charge in [0.1, 0.15) is 11.5 Å². The fraction of sp³-hybridized carbons (Fsp3) is 0.500. The molecule has 128 valence electrons. The summed E-state index contributed by atoms with van der Waals surface area (Å²) in [7, 11) is 1.72. The molecule has 8 heteroatoms. The Labute approximate surface area is 139 Å². The number of hydrogen-bond donors (Lipinski definition) is 2. The lowest BCUT2D eigenvalue weighted by molar-refractivity contribution is 0.0921. The fourth-order valence-electron chi connectivity index (χ4n) is 2.89. The van der Waals surface area contributed by atoms with E-state index >= 15 is 0 Å². The number of nitrogens with one attached hydrogen (secondary N) is 2. The Kier molecular flexibility index (Phi) is 4.37. The average Bonchev–Trinajstić information content (AvgIpc) is 3.12. The lowest BCUT2D eigenvalue weighted by Crippen LogP contribution is -2.40. The standard InChI is InChI=1S/C16H21N5O3/c1-9(2)18-16(23)14-11-8-10(4-5-13(11)24-20-14)19-15(22)12-6-7-17-21(12)3/h6-7,9-10H,4-5,8H2,1-3H3,(H,18,23)(H,19,22). The van der Waals surface area contributed by atoms with Gasteiger partial charge in [0.15, 0.2) is 5.69 Å². The van der Waals surface area contributed by atoms with E-state index in [0.29, 0.717) is 24.2 Å². The van der Waals surface area contributed by atoms with E-state index in [9.17, 15) is 9.59 Å². The predicted molar refractivity (Wildman–Crippen MR) is 85.6 cm³/mol. The zero-order valence-corrected chi connectivity index (χ0v) is 14.0. The summed E-state index contributed by atoms with van der Waals surface area (Å²) in [6.07, 6.45) is 3.51. The van der Waals surface area contributed by atoms with Gasteiger partial charge >= 0.3 is 0 Å². The number of nitrogens with zero attached hydrogens (tertiary/aromatic N) is 3. The van der Waals surface area contributed by atoms with Crippen LogP contribution in [-0.4, -0.2) is 38.8 Å². The summed E-state index contributed by atoms with van der Waals surface area (Å²) in [4.78, 5) is 24.5. The van der Waals surface area contributed by atoms with E-state index < -0.39 is 0 Å². The molecule has 24 heavy (non-hydrogen) atoms. The van der Waals surface area contributed by atoms with Gasteiger partial charge in [-0.3, -0.25) is 14.3 Å². The van der Waals surface area contributed by atoms with Gasteiger partial charge in [0.2, 0.25) is 0 Å². The van der Waals surface area contributed by atoms with E-state index in [0.717, 1.165) is 17.7 Å². The summed E-state index contributed by atoms with van der Waals surface area (Å²) in [5, 5.41) is 13.7. The molecular formula is C16H21N5O3. The minimum atomic E-state index is -0.242. The molecule has 0 fully saturated rings. The van der Waals surface area contributed by atoms with Crippen LogP contribution in [0.5, 0.6) is 0 Å². The Balaban J connectivity index is 1.72. The van der Waals surface area contributed by atoms with E-state index in [1.165, 1.54) is 4.68 Å². The van der Waals surface area contributed by atoms with Crippen LogP contribution in [0.2, 0.25) is 0 Å². The zero-order valence-electron chi connectivity index (χ0n) is 14.0. The summed E-state index contributed by atoms with van der Waals surface area (Å²) in [6.45, 7) is 3.78. The van der Waals surface area contributed by atoms with Crippen molar-refractivity contribution in [3.05, 3.63) is 35.0 Å². The van der Waals surface area contributed by atoms with Gasteiger partial charge in [-0.2, -0.15) is 5.10 Å². The van der Waals surface area contributed by atoms with Gasteiger partial charge in [-0.05, 0) is 32.8 Å². The first-order valence-corrected chi connectivity index (χ1v) is 8.03. The van der Waals surface area contributed by atoms with Crippen LogP contribution < -0.4 is 10.6 Å². The van der Waals surface area contributed by atoms with Crippen LogP contribution in [0.4, 0.5) is 0 Å². The Morgan fingerprint density at radius 3 is 2.83 bits per heavy atom. The number of amides is 2. The second-order valence-corrected chi connectivity index (χ2v) is 6.31. The lowest BCUT2D eigenvalue weighted by Gasteiger charge is -2.22. The second kappa shape index (κ2) is 6.46. The van der Waals surface area contributed by atoms with Gasteiger partial charge < -0.3 is 15.2 Å². The van der Waals surface area contributed by atoms with Crippen molar-refractivity contribution in [2.24, 2.45) is 7.05 Å². The largest absolute Gasteiger partial charge is 0.360 e. The molecule has 1 aliphatic rings. The number of carbonyl (C=O) groups is 2. The molecule has 0 aliphatic heterocycles. The van der Waals surface area contributed by atoms with Gasteiger partial charge in [-0.25, -0.2) is 0 Å². The van der Waals surface area contributed by atoms with Crippen molar-refractivity contribution in [3.8, 4) is 0 Å². The van der Waals surface area contributed by atoms with E-state index in [2.05, 4.69) is 20.9 Å². The molecule has 0 saturated heterocycles. The molecule has 3 rings (SSSR count). The third kappa shape index (κ3) is 3.17. The van der Waals surface area contributed by atoms with E-state index in [4.69, 9.17) is 4.52 Å². The molecule has 0 spiro atoms. The van der Waals surface area contributed by atoms with Crippen molar-refractivity contribution in [3.63, 3.8) is 0 Å². The predicted octanol–water partition coefficient (Wildman–Crippen LogP) is 0.834. The molecule has 2 amide bonds. The first-order valence-electron chi connectivity index (χ1n) is 8.03. The molecular weight excluding hydrogens is 310 g/mol. The summed E-state index contributed by atoms with van der Waals surface area (Å²) in [6, 6.07) is 1.63. The molecule has 0 saturated carbocycles. The van der Waals surface area contributed by atoms with Crippen molar-refractivity contribution in [1.29, 1.82) is 0 Å². The Morgan fingerprint density at radius 1 is 1.38 bits per heavy atom. The van der Waals surface area contributed by atoms with Crippen LogP contribution >= 0.6 is 0 Å². The third-order valence-corrected chi connectivity index (χ3v) is 4.06. The normalized spacial score (nSPS) is 16.8.